The number of rotatable bonds is 2. The highest BCUT2D eigenvalue weighted by atomic mass is 35.5. The number of hydrogen-bond acceptors (Lipinski definition) is 3. The van der Waals surface area contributed by atoms with Crippen LogP contribution in [0.15, 0.2) is 18.5 Å². The average molecular weight is 252 g/mol. The number of aliphatic hydroxyl groups is 1. The molecule has 0 saturated heterocycles. The van der Waals surface area contributed by atoms with Gasteiger partial charge < -0.3 is 5.11 Å². The van der Waals surface area contributed by atoms with E-state index in [4.69, 9.17) is 11.6 Å². The number of hydrogen-bond donors (Lipinski definition) is 1. The van der Waals surface area contributed by atoms with Gasteiger partial charge >= 0.3 is 0 Å². The van der Waals surface area contributed by atoms with Crippen LogP contribution in [0.3, 0.4) is 0 Å². The molecule has 0 bridgehead atoms. The van der Waals surface area contributed by atoms with Crippen LogP contribution in [0.4, 0.5) is 0 Å². The van der Waals surface area contributed by atoms with E-state index in [2.05, 4.69) is 10.1 Å². The fourth-order valence-electron chi connectivity index (χ4n) is 1.85. The molecule has 0 spiro atoms. The lowest BCUT2D eigenvalue weighted by Crippen LogP contribution is -2.02. The smallest absolute Gasteiger partial charge is 0.133 e. The first-order valence-electron chi connectivity index (χ1n) is 5.29. The zero-order valence-corrected chi connectivity index (χ0v) is 10.7. The fourth-order valence-corrected chi connectivity index (χ4v) is 2.13. The van der Waals surface area contributed by atoms with Crippen LogP contribution < -0.4 is 0 Å². The van der Waals surface area contributed by atoms with Gasteiger partial charge in [-0.15, -0.1) is 0 Å². The summed E-state index contributed by atoms with van der Waals surface area (Å²) in [5.41, 5.74) is 3.09. The number of pyridine rings is 1. The highest BCUT2D eigenvalue weighted by Crippen LogP contribution is 2.30. The van der Waals surface area contributed by atoms with Gasteiger partial charge in [-0.2, -0.15) is 5.10 Å². The lowest BCUT2D eigenvalue weighted by molar-refractivity contribution is 0.219. The van der Waals surface area contributed by atoms with Crippen LogP contribution in [-0.2, 0) is 7.05 Å². The molecule has 1 atom stereocenters. The zero-order valence-electron chi connectivity index (χ0n) is 9.98. The van der Waals surface area contributed by atoms with Gasteiger partial charge in [-0.3, -0.25) is 9.67 Å². The van der Waals surface area contributed by atoms with E-state index in [0.29, 0.717) is 10.7 Å². The van der Waals surface area contributed by atoms with Crippen LogP contribution in [0.1, 0.15) is 28.5 Å². The quantitative estimate of drug-likeness (QED) is 0.890. The lowest BCUT2D eigenvalue weighted by Gasteiger charge is -2.11. The van der Waals surface area contributed by atoms with E-state index in [1.165, 1.54) is 0 Å². The maximum absolute atomic E-state index is 10.3. The van der Waals surface area contributed by atoms with Gasteiger partial charge in [0.05, 0.1) is 5.69 Å². The Hall–Kier alpha value is -1.39. The normalized spacial score (nSPS) is 12.8. The van der Waals surface area contributed by atoms with Gasteiger partial charge in [-0.1, -0.05) is 17.7 Å². The lowest BCUT2D eigenvalue weighted by atomic mass is 10.0. The molecule has 4 nitrogen and oxygen atoms in total. The summed E-state index contributed by atoms with van der Waals surface area (Å²) in [5.74, 6) is 0. The molecule has 2 aromatic heterocycles. The predicted molar refractivity (Wildman–Crippen MR) is 66.0 cm³/mol. The van der Waals surface area contributed by atoms with Gasteiger partial charge in [0.2, 0.25) is 0 Å². The Labute approximate surface area is 105 Å². The Morgan fingerprint density at radius 2 is 2.06 bits per heavy atom. The third-order valence-corrected chi connectivity index (χ3v) is 3.13. The fraction of sp³-hybridized carbons (Fsp3) is 0.333. The SMILES string of the molecule is Cc1cncc(C(O)c2c(C)nn(C)c2Cl)c1. The summed E-state index contributed by atoms with van der Waals surface area (Å²) in [6.07, 6.45) is 2.59. The first-order valence-corrected chi connectivity index (χ1v) is 5.67. The van der Waals surface area contributed by atoms with Crippen LogP contribution in [-0.4, -0.2) is 19.9 Å². The van der Waals surface area contributed by atoms with Crippen LogP contribution in [0.5, 0.6) is 0 Å². The van der Waals surface area contributed by atoms with Crippen molar-refractivity contribution in [2.75, 3.05) is 0 Å². The molecule has 0 saturated carbocycles. The largest absolute Gasteiger partial charge is 0.383 e. The summed E-state index contributed by atoms with van der Waals surface area (Å²) in [6.45, 7) is 3.76. The second-order valence-corrected chi connectivity index (χ2v) is 4.47. The molecule has 2 rings (SSSR count). The number of halogens is 1. The first-order chi connectivity index (χ1) is 8.00. The van der Waals surface area contributed by atoms with Crippen molar-refractivity contribution in [3.8, 4) is 0 Å². The summed E-state index contributed by atoms with van der Waals surface area (Å²) in [4.78, 5) is 4.07. The van der Waals surface area contributed by atoms with Crippen LogP contribution in [0.2, 0.25) is 5.15 Å². The molecule has 0 aliphatic rings. The summed E-state index contributed by atoms with van der Waals surface area (Å²) in [6, 6.07) is 1.89. The van der Waals surface area contributed by atoms with Crippen molar-refractivity contribution in [2.45, 2.75) is 20.0 Å². The molecule has 1 unspecified atom stereocenters. The number of aromatic nitrogens is 3. The monoisotopic (exact) mass is 251 g/mol. The zero-order chi connectivity index (χ0) is 12.6. The Kier molecular flexibility index (Phi) is 3.17. The minimum atomic E-state index is -0.788. The molecule has 17 heavy (non-hydrogen) atoms. The minimum absolute atomic E-state index is 0.455. The van der Waals surface area contributed by atoms with E-state index in [-0.39, 0.29) is 0 Å². The maximum atomic E-state index is 10.3. The van der Waals surface area contributed by atoms with E-state index >= 15 is 0 Å². The third-order valence-electron chi connectivity index (χ3n) is 2.68. The molecular weight excluding hydrogens is 238 g/mol. The molecule has 0 radical (unpaired) electrons. The van der Waals surface area contributed by atoms with E-state index in [0.717, 1.165) is 16.8 Å². The van der Waals surface area contributed by atoms with Crippen molar-refractivity contribution in [3.63, 3.8) is 0 Å². The second kappa shape index (κ2) is 4.47. The summed E-state index contributed by atoms with van der Waals surface area (Å²) in [5, 5.41) is 15.0. The Morgan fingerprint density at radius 1 is 1.35 bits per heavy atom. The number of aryl methyl sites for hydroxylation is 3. The predicted octanol–water partition coefficient (Wildman–Crippen LogP) is 2.17. The molecule has 2 aromatic rings. The van der Waals surface area contributed by atoms with Gasteiger partial charge in [0.1, 0.15) is 11.3 Å². The molecule has 0 amide bonds. The molecule has 0 aliphatic carbocycles. The van der Waals surface area contributed by atoms with Crippen molar-refractivity contribution in [1.29, 1.82) is 0 Å². The molecule has 90 valence electrons. The van der Waals surface area contributed by atoms with Gasteiger partial charge in [-0.05, 0) is 19.4 Å². The van der Waals surface area contributed by atoms with Gasteiger partial charge in [-0.25, -0.2) is 0 Å². The topological polar surface area (TPSA) is 50.9 Å². The molecule has 2 heterocycles. The van der Waals surface area contributed by atoms with Gasteiger partial charge in [0.15, 0.2) is 0 Å². The number of aliphatic hydroxyl groups excluding tert-OH is 1. The summed E-state index contributed by atoms with van der Waals surface area (Å²) in [7, 11) is 1.75. The summed E-state index contributed by atoms with van der Waals surface area (Å²) < 4.78 is 1.55. The molecule has 0 aliphatic heterocycles. The molecule has 1 N–H and O–H groups in total. The Morgan fingerprint density at radius 3 is 2.59 bits per heavy atom. The Balaban J connectivity index is 2.47. The highest BCUT2D eigenvalue weighted by Gasteiger charge is 2.21. The average Bonchev–Trinajstić information content (AvgIpc) is 2.52. The second-order valence-electron chi connectivity index (χ2n) is 4.11. The third kappa shape index (κ3) is 2.18. The van der Waals surface area contributed by atoms with Gasteiger partial charge in [0, 0.05) is 30.6 Å². The van der Waals surface area contributed by atoms with Crippen LogP contribution >= 0.6 is 11.6 Å². The van der Waals surface area contributed by atoms with Crippen LogP contribution in [0.25, 0.3) is 0 Å². The van der Waals surface area contributed by atoms with E-state index in [1.807, 2.05) is 19.9 Å². The Bertz CT molecular complexity index is 551. The van der Waals surface area contributed by atoms with Crippen molar-refractivity contribution in [3.05, 3.63) is 46.0 Å². The van der Waals surface area contributed by atoms with Crippen molar-refractivity contribution < 1.29 is 5.11 Å². The molecule has 5 heteroatoms. The van der Waals surface area contributed by atoms with Crippen molar-refractivity contribution in [2.24, 2.45) is 7.05 Å². The molecule has 0 fully saturated rings. The van der Waals surface area contributed by atoms with Gasteiger partial charge in [0.25, 0.3) is 0 Å². The van der Waals surface area contributed by atoms with Crippen LogP contribution in [0, 0.1) is 13.8 Å². The molecular formula is C12H14ClN3O. The van der Waals surface area contributed by atoms with E-state index in [1.54, 1.807) is 24.1 Å². The first kappa shape index (κ1) is 12.1. The number of nitrogens with zero attached hydrogens (tertiary/aromatic N) is 3. The van der Waals surface area contributed by atoms with E-state index in [9.17, 15) is 5.11 Å². The highest BCUT2D eigenvalue weighted by molar-refractivity contribution is 6.30. The standard InChI is InChI=1S/C12H14ClN3O/c1-7-4-9(6-14-5-7)11(17)10-8(2)15-16(3)12(10)13/h4-6,11,17H,1-3H3. The van der Waals surface area contributed by atoms with Crippen molar-refractivity contribution >= 4 is 11.6 Å². The van der Waals surface area contributed by atoms with Crippen molar-refractivity contribution in [1.82, 2.24) is 14.8 Å². The minimum Gasteiger partial charge on any atom is -0.383 e. The summed E-state index contributed by atoms with van der Waals surface area (Å²) >= 11 is 6.12. The maximum Gasteiger partial charge on any atom is 0.133 e. The van der Waals surface area contributed by atoms with E-state index < -0.39 is 6.10 Å². The molecule has 0 aromatic carbocycles.